The molecule has 3 aromatic carbocycles. The summed E-state index contributed by atoms with van der Waals surface area (Å²) in [4.78, 5) is 26.5. The summed E-state index contributed by atoms with van der Waals surface area (Å²) in [5, 5.41) is 14.5. The number of hydrogen-bond donors (Lipinski definition) is 1. The van der Waals surface area contributed by atoms with Gasteiger partial charge in [-0.25, -0.2) is 4.79 Å². The Bertz CT molecular complexity index is 1600. The third kappa shape index (κ3) is 6.36. The van der Waals surface area contributed by atoms with Crippen molar-refractivity contribution in [2.75, 3.05) is 31.8 Å². The molecule has 2 heterocycles. The van der Waals surface area contributed by atoms with E-state index in [1.165, 1.54) is 13.2 Å². The lowest BCUT2D eigenvalue weighted by Gasteiger charge is -2.23. The first-order valence-corrected chi connectivity index (χ1v) is 14.1. The Hall–Kier alpha value is -4.50. The lowest BCUT2D eigenvalue weighted by molar-refractivity contribution is -0.118. The van der Waals surface area contributed by atoms with E-state index in [1.807, 2.05) is 49.5 Å². The number of fused-ring (bicyclic) bond motifs is 1. The molecule has 218 valence electrons. The fraction of sp³-hybridized carbons (Fsp3) is 0.281. The van der Waals surface area contributed by atoms with Gasteiger partial charge in [0.25, 0.3) is 0 Å². The minimum Gasteiger partial charge on any atom is -0.496 e. The molecule has 9 nitrogen and oxygen atoms in total. The number of aromatic nitrogens is 2. The summed E-state index contributed by atoms with van der Waals surface area (Å²) < 4.78 is 19.2. The highest BCUT2D eigenvalue weighted by molar-refractivity contribution is 6.31. The number of hydrogen-bond acceptors (Lipinski definition) is 6. The van der Waals surface area contributed by atoms with Gasteiger partial charge in [-0.3, -0.25) is 9.48 Å². The molecule has 1 N–H and O–H groups in total. The number of aromatic carboxylic acids is 1. The molecule has 0 fully saturated rings. The van der Waals surface area contributed by atoms with E-state index in [0.29, 0.717) is 62.1 Å². The van der Waals surface area contributed by atoms with Gasteiger partial charge in [0, 0.05) is 46.4 Å². The molecule has 1 aliphatic rings. The van der Waals surface area contributed by atoms with Crippen molar-refractivity contribution in [3.05, 3.63) is 88.7 Å². The Kier molecular flexibility index (Phi) is 8.97. The van der Waals surface area contributed by atoms with Gasteiger partial charge in [0.05, 0.1) is 44.3 Å². The van der Waals surface area contributed by atoms with E-state index in [4.69, 9.17) is 25.8 Å². The summed E-state index contributed by atoms with van der Waals surface area (Å²) in [6.07, 6.45) is 5.27. The molecule has 42 heavy (non-hydrogen) atoms. The Labute approximate surface area is 249 Å². The standard InChI is InChI=1S/C32H32ClN3O6/c1-21-26(33)8-4-10-28(21)41-15-5-11-30(37)36-14-6-16-42-31-25(7-3-9-27(31)36)24-18-34-35(20-24)19-23-13-12-22(32(38)39)17-29(23)40-2/h3-4,7-10,12-13,17-18,20H,5-6,11,14-16,19H2,1-2H3,(H,38,39). The number of anilines is 1. The van der Waals surface area contributed by atoms with Crippen LogP contribution in [0, 0.1) is 6.92 Å². The number of methoxy groups -OCH3 is 1. The summed E-state index contributed by atoms with van der Waals surface area (Å²) in [7, 11) is 1.51. The normalized spacial score (nSPS) is 12.7. The predicted molar refractivity (Wildman–Crippen MR) is 160 cm³/mol. The Balaban J connectivity index is 1.30. The minimum atomic E-state index is -1.01. The van der Waals surface area contributed by atoms with Crippen LogP contribution in [0.1, 0.15) is 40.7 Å². The molecule has 0 radical (unpaired) electrons. The topological polar surface area (TPSA) is 103 Å². The van der Waals surface area contributed by atoms with E-state index in [0.717, 1.165) is 33.7 Å². The molecule has 0 aliphatic carbocycles. The number of carbonyl (C=O) groups is 2. The van der Waals surface area contributed by atoms with Crippen LogP contribution in [-0.4, -0.2) is 53.6 Å². The van der Waals surface area contributed by atoms with Crippen molar-refractivity contribution < 1.29 is 28.9 Å². The maximum absolute atomic E-state index is 13.4. The number of ether oxygens (including phenoxy) is 3. The summed E-state index contributed by atoms with van der Waals surface area (Å²) in [6, 6.07) is 16.1. The molecule has 1 aliphatic heterocycles. The predicted octanol–water partition coefficient (Wildman–Crippen LogP) is 6.24. The van der Waals surface area contributed by atoms with Gasteiger partial charge in [-0.1, -0.05) is 35.9 Å². The largest absolute Gasteiger partial charge is 0.496 e. The summed E-state index contributed by atoms with van der Waals surface area (Å²) in [6.45, 7) is 3.77. The van der Waals surface area contributed by atoms with Crippen LogP contribution in [0.15, 0.2) is 67.0 Å². The molecule has 0 atom stereocenters. The molecule has 0 unspecified atom stereocenters. The van der Waals surface area contributed by atoms with Crippen LogP contribution in [0.5, 0.6) is 17.2 Å². The molecule has 0 saturated heterocycles. The second-order valence-electron chi connectivity index (χ2n) is 9.97. The van der Waals surface area contributed by atoms with Crippen molar-refractivity contribution in [3.8, 4) is 28.4 Å². The molecule has 4 aromatic rings. The van der Waals surface area contributed by atoms with Crippen LogP contribution in [-0.2, 0) is 11.3 Å². The van der Waals surface area contributed by atoms with E-state index in [-0.39, 0.29) is 11.5 Å². The molecule has 0 bridgehead atoms. The first-order valence-electron chi connectivity index (χ1n) is 13.7. The summed E-state index contributed by atoms with van der Waals surface area (Å²) in [5.74, 6) is 0.852. The van der Waals surface area contributed by atoms with E-state index < -0.39 is 5.97 Å². The highest BCUT2D eigenvalue weighted by Crippen LogP contribution is 2.40. The van der Waals surface area contributed by atoms with E-state index in [9.17, 15) is 14.7 Å². The number of benzene rings is 3. The average molecular weight is 590 g/mol. The van der Waals surface area contributed by atoms with Gasteiger partial charge >= 0.3 is 5.97 Å². The van der Waals surface area contributed by atoms with Crippen molar-refractivity contribution in [1.29, 1.82) is 0 Å². The fourth-order valence-electron chi connectivity index (χ4n) is 4.95. The molecule has 1 aromatic heterocycles. The van der Waals surface area contributed by atoms with Crippen LogP contribution in [0.3, 0.4) is 0 Å². The molecule has 1 amide bonds. The number of nitrogens with zero attached hydrogens (tertiary/aromatic N) is 3. The van der Waals surface area contributed by atoms with E-state index in [1.54, 1.807) is 27.9 Å². The lowest BCUT2D eigenvalue weighted by atomic mass is 10.1. The maximum atomic E-state index is 13.4. The zero-order chi connectivity index (χ0) is 29.6. The van der Waals surface area contributed by atoms with Crippen LogP contribution < -0.4 is 19.1 Å². The van der Waals surface area contributed by atoms with Crippen molar-refractivity contribution in [3.63, 3.8) is 0 Å². The van der Waals surface area contributed by atoms with Crippen LogP contribution in [0.4, 0.5) is 5.69 Å². The summed E-state index contributed by atoms with van der Waals surface area (Å²) in [5.41, 5.74) is 4.25. The van der Waals surface area contributed by atoms with Crippen LogP contribution in [0.2, 0.25) is 5.02 Å². The number of rotatable bonds is 10. The number of carbonyl (C=O) groups excluding carboxylic acids is 1. The van der Waals surface area contributed by atoms with Crippen LogP contribution in [0.25, 0.3) is 11.1 Å². The molecule has 10 heteroatoms. The second-order valence-corrected chi connectivity index (χ2v) is 10.4. The van der Waals surface area contributed by atoms with Gasteiger partial charge in [0.2, 0.25) is 5.91 Å². The molecule has 0 saturated carbocycles. The first kappa shape index (κ1) is 29.0. The minimum absolute atomic E-state index is 0.0120. The monoisotopic (exact) mass is 589 g/mol. The van der Waals surface area contributed by atoms with E-state index >= 15 is 0 Å². The number of carboxylic acids is 1. The highest BCUT2D eigenvalue weighted by Gasteiger charge is 2.25. The Morgan fingerprint density at radius 3 is 2.76 bits per heavy atom. The molecule has 5 rings (SSSR count). The average Bonchev–Trinajstić information content (AvgIpc) is 3.34. The van der Waals surface area contributed by atoms with Crippen molar-refractivity contribution in [1.82, 2.24) is 9.78 Å². The highest BCUT2D eigenvalue weighted by atomic mass is 35.5. The van der Waals surface area contributed by atoms with Crippen LogP contribution >= 0.6 is 11.6 Å². The first-order chi connectivity index (χ1) is 20.4. The maximum Gasteiger partial charge on any atom is 0.335 e. The van der Waals surface area contributed by atoms with Gasteiger partial charge in [-0.2, -0.15) is 5.10 Å². The zero-order valence-electron chi connectivity index (χ0n) is 23.5. The molecular weight excluding hydrogens is 558 g/mol. The lowest BCUT2D eigenvalue weighted by Crippen LogP contribution is -2.31. The number of halogens is 1. The Morgan fingerprint density at radius 2 is 1.95 bits per heavy atom. The molecular formula is C32H32ClN3O6. The second kappa shape index (κ2) is 13.0. The fourth-order valence-corrected chi connectivity index (χ4v) is 5.12. The molecule has 0 spiro atoms. The van der Waals surface area contributed by atoms with Gasteiger partial charge in [0.1, 0.15) is 11.5 Å². The quantitative estimate of drug-likeness (QED) is 0.218. The summed E-state index contributed by atoms with van der Waals surface area (Å²) >= 11 is 6.18. The van der Waals surface area contributed by atoms with Crippen molar-refractivity contribution >= 4 is 29.2 Å². The van der Waals surface area contributed by atoms with Gasteiger partial charge in [-0.05, 0) is 50.1 Å². The van der Waals surface area contributed by atoms with Gasteiger partial charge in [0.15, 0.2) is 5.75 Å². The van der Waals surface area contributed by atoms with Crippen molar-refractivity contribution in [2.45, 2.75) is 32.7 Å². The van der Waals surface area contributed by atoms with E-state index in [2.05, 4.69) is 5.10 Å². The smallest absolute Gasteiger partial charge is 0.335 e. The Morgan fingerprint density at radius 1 is 1.12 bits per heavy atom. The number of para-hydroxylation sites is 1. The number of amides is 1. The van der Waals surface area contributed by atoms with Gasteiger partial charge in [-0.15, -0.1) is 0 Å². The number of carboxylic acid groups (broad SMARTS) is 1. The zero-order valence-corrected chi connectivity index (χ0v) is 24.3. The third-order valence-electron chi connectivity index (χ3n) is 7.18. The SMILES string of the molecule is COc1cc(C(=O)O)ccc1Cn1cc(-c2cccc3c2OCCCN3C(=O)CCCOc2cccc(Cl)c2C)cn1. The van der Waals surface area contributed by atoms with Gasteiger partial charge < -0.3 is 24.2 Å². The van der Waals surface area contributed by atoms with Crippen molar-refractivity contribution in [2.24, 2.45) is 0 Å². The third-order valence-corrected chi connectivity index (χ3v) is 7.59.